The second-order valence-corrected chi connectivity index (χ2v) is 8.90. The van der Waals surface area contributed by atoms with E-state index in [1.165, 1.54) is 0 Å². The summed E-state index contributed by atoms with van der Waals surface area (Å²) in [6, 6.07) is 7.76. The lowest BCUT2D eigenvalue weighted by atomic mass is 10.1. The molecule has 0 radical (unpaired) electrons. The van der Waals surface area contributed by atoms with Crippen LogP contribution < -0.4 is 10.1 Å². The van der Waals surface area contributed by atoms with E-state index in [2.05, 4.69) is 31.0 Å². The Bertz CT molecular complexity index is 568. The first-order valence-corrected chi connectivity index (χ1v) is 12.1. The average molecular weight is 415 g/mol. The van der Waals surface area contributed by atoms with Gasteiger partial charge in [0.1, 0.15) is 11.5 Å². The van der Waals surface area contributed by atoms with Crippen molar-refractivity contribution in [1.29, 1.82) is 0 Å². The van der Waals surface area contributed by atoms with Gasteiger partial charge in [-0.05, 0) is 70.9 Å². The standard InChI is InChI=1S/C21H39N2O4P/c1-7-23(8-2)17-11-12-18(5)22-21(28(24,26-9-3)27-10-4)19-13-15-20(25-6)16-14-19/h13-16,18,21-22H,7-12,17H2,1-6H3. The molecule has 2 atom stereocenters. The molecule has 1 aromatic rings. The van der Waals surface area contributed by atoms with Crippen molar-refractivity contribution >= 4 is 7.60 Å². The molecule has 0 saturated carbocycles. The lowest BCUT2D eigenvalue weighted by molar-refractivity contribution is 0.204. The molecule has 1 aromatic carbocycles. The highest BCUT2D eigenvalue weighted by molar-refractivity contribution is 7.54. The third-order valence-electron chi connectivity index (χ3n) is 4.81. The average Bonchev–Trinajstić information content (AvgIpc) is 2.70. The number of nitrogens with one attached hydrogen (secondary N) is 1. The number of methoxy groups -OCH3 is 1. The number of ether oxygens (including phenoxy) is 1. The van der Waals surface area contributed by atoms with Crippen LogP contribution >= 0.6 is 7.60 Å². The van der Waals surface area contributed by atoms with E-state index in [0.29, 0.717) is 13.2 Å². The van der Waals surface area contributed by atoms with Gasteiger partial charge in [0, 0.05) is 6.04 Å². The molecule has 0 fully saturated rings. The fourth-order valence-electron chi connectivity index (χ4n) is 3.22. The van der Waals surface area contributed by atoms with Crippen molar-refractivity contribution in [2.45, 2.75) is 59.3 Å². The molecule has 0 aromatic heterocycles. The summed E-state index contributed by atoms with van der Waals surface area (Å²) in [5, 5.41) is 3.52. The number of benzene rings is 1. The van der Waals surface area contributed by atoms with Gasteiger partial charge in [-0.2, -0.15) is 0 Å². The van der Waals surface area contributed by atoms with E-state index in [4.69, 9.17) is 13.8 Å². The van der Waals surface area contributed by atoms with Crippen LogP contribution in [0.1, 0.15) is 58.8 Å². The molecule has 6 nitrogen and oxygen atoms in total. The molecule has 0 spiro atoms. The topological polar surface area (TPSA) is 60.0 Å². The first kappa shape index (κ1) is 25.1. The largest absolute Gasteiger partial charge is 0.497 e. The van der Waals surface area contributed by atoms with Crippen LogP contribution in [-0.4, -0.2) is 50.9 Å². The quantitative estimate of drug-likeness (QED) is 0.405. The molecule has 1 rings (SSSR count). The summed E-state index contributed by atoms with van der Waals surface area (Å²) >= 11 is 0. The number of hydrogen-bond acceptors (Lipinski definition) is 6. The predicted octanol–water partition coefficient (Wildman–Crippen LogP) is 5.06. The zero-order valence-electron chi connectivity index (χ0n) is 18.4. The summed E-state index contributed by atoms with van der Waals surface area (Å²) in [5.74, 6) is 0.249. The maximum atomic E-state index is 13.5. The van der Waals surface area contributed by atoms with Gasteiger partial charge in [0.2, 0.25) is 0 Å². The summed E-state index contributed by atoms with van der Waals surface area (Å²) in [6.07, 6.45) is 2.07. The molecule has 162 valence electrons. The maximum Gasteiger partial charge on any atom is 0.351 e. The van der Waals surface area contributed by atoms with Crippen LogP contribution in [0.3, 0.4) is 0 Å². The van der Waals surface area contributed by atoms with Crippen LogP contribution in [0, 0.1) is 0 Å². The minimum Gasteiger partial charge on any atom is -0.497 e. The molecular weight excluding hydrogens is 375 g/mol. The molecule has 0 saturated heterocycles. The highest BCUT2D eigenvalue weighted by Gasteiger charge is 2.37. The van der Waals surface area contributed by atoms with Gasteiger partial charge in [0.25, 0.3) is 0 Å². The SMILES string of the molecule is CCOP(=O)(OCC)C(NC(C)CCCN(CC)CC)c1ccc(OC)cc1. The lowest BCUT2D eigenvalue weighted by Crippen LogP contribution is -2.33. The minimum atomic E-state index is -3.35. The van der Waals surface area contributed by atoms with E-state index >= 15 is 0 Å². The van der Waals surface area contributed by atoms with Crippen molar-refractivity contribution < 1.29 is 18.3 Å². The molecule has 0 aliphatic heterocycles. The van der Waals surface area contributed by atoms with Crippen molar-refractivity contribution in [1.82, 2.24) is 10.2 Å². The Balaban J connectivity index is 2.94. The van der Waals surface area contributed by atoms with Crippen LogP contribution in [0.25, 0.3) is 0 Å². The molecule has 0 amide bonds. The van der Waals surface area contributed by atoms with Crippen molar-refractivity contribution in [3.63, 3.8) is 0 Å². The summed E-state index contributed by atoms with van der Waals surface area (Å²) < 4.78 is 30.1. The van der Waals surface area contributed by atoms with Crippen molar-refractivity contribution in [2.24, 2.45) is 0 Å². The number of hydrogen-bond donors (Lipinski definition) is 1. The van der Waals surface area contributed by atoms with E-state index in [1.807, 2.05) is 38.1 Å². The Morgan fingerprint density at radius 1 is 1.04 bits per heavy atom. The molecule has 7 heteroatoms. The monoisotopic (exact) mass is 414 g/mol. The van der Waals surface area contributed by atoms with Crippen LogP contribution in [0.2, 0.25) is 0 Å². The van der Waals surface area contributed by atoms with Gasteiger partial charge in [-0.3, -0.25) is 9.88 Å². The Labute approximate surface area is 171 Å². The Morgan fingerprint density at radius 3 is 2.07 bits per heavy atom. The Morgan fingerprint density at radius 2 is 1.61 bits per heavy atom. The smallest absolute Gasteiger partial charge is 0.351 e. The van der Waals surface area contributed by atoms with Crippen molar-refractivity contribution in [2.75, 3.05) is 40.0 Å². The van der Waals surface area contributed by atoms with Gasteiger partial charge in [-0.25, -0.2) is 0 Å². The first-order chi connectivity index (χ1) is 13.4. The van der Waals surface area contributed by atoms with Gasteiger partial charge < -0.3 is 18.7 Å². The van der Waals surface area contributed by atoms with Crippen LogP contribution in [0.15, 0.2) is 24.3 Å². The fourth-order valence-corrected chi connectivity index (χ4v) is 5.28. The number of nitrogens with zero attached hydrogens (tertiary/aromatic N) is 1. The van der Waals surface area contributed by atoms with Gasteiger partial charge in [0.05, 0.1) is 20.3 Å². The highest BCUT2D eigenvalue weighted by atomic mass is 31.2. The zero-order chi connectivity index (χ0) is 21.0. The van der Waals surface area contributed by atoms with E-state index in [9.17, 15) is 4.57 Å². The third kappa shape index (κ3) is 7.84. The van der Waals surface area contributed by atoms with Crippen LogP contribution in [0.5, 0.6) is 5.75 Å². The van der Waals surface area contributed by atoms with E-state index in [-0.39, 0.29) is 6.04 Å². The van der Waals surface area contributed by atoms with Crippen LogP contribution in [0.4, 0.5) is 0 Å². The summed E-state index contributed by atoms with van der Waals surface area (Å²) in [5.41, 5.74) is 0.877. The molecule has 0 heterocycles. The summed E-state index contributed by atoms with van der Waals surface area (Å²) in [7, 11) is -1.72. The van der Waals surface area contributed by atoms with Gasteiger partial charge in [-0.1, -0.05) is 26.0 Å². The van der Waals surface area contributed by atoms with E-state index in [1.54, 1.807) is 7.11 Å². The minimum absolute atomic E-state index is 0.178. The van der Waals surface area contributed by atoms with Crippen molar-refractivity contribution in [3.8, 4) is 5.75 Å². The summed E-state index contributed by atoms with van der Waals surface area (Å²) in [6.45, 7) is 14.0. The molecule has 28 heavy (non-hydrogen) atoms. The van der Waals surface area contributed by atoms with Gasteiger partial charge in [-0.15, -0.1) is 0 Å². The second-order valence-electron chi connectivity index (χ2n) is 6.79. The van der Waals surface area contributed by atoms with Gasteiger partial charge in [0.15, 0.2) is 0 Å². The van der Waals surface area contributed by atoms with Crippen molar-refractivity contribution in [3.05, 3.63) is 29.8 Å². The van der Waals surface area contributed by atoms with E-state index < -0.39 is 13.4 Å². The molecular formula is C21H39N2O4P. The van der Waals surface area contributed by atoms with E-state index in [0.717, 1.165) is 43.8 Å². The summed E-state index contributed by atoms with van der Waals surface area (Å²) in [4.78, 5) is 2.42. The molecule has 2 unspecified atom stereocenters. The lowest BCUT2D eigenvalue weighted by Gasteiger charge is -2.30. The molecule has 0 aliphatic rings. The van der Waals surface area contributed by atoms with Gasteiger partial charge >= 0.3 is 7.60 Å². The highest BCUT2D eigenvalue weighted by Crippen LogP contribution is 2.59. The molecule has 0 bridgehead atoms. The molecule has 0 aliphatic carbocycles. The number of rotatable bonds is 15. The second kappa shape index (κ2) is 13.3. The molecule has 1 N–H and O–H groups in total. The normalized spacial score (nSPS) is 14.2. The first-order valence-electron chi connectivity index (χ1n) is 10.4. The Kier molecular flexibility index (Phi) is 12.0. The predicted molar refractivity (Wildman–Crippen MR) is 116 cm³/mol. The maximum absolute atomic E-state index is 13.5. The fraction of sp³-hybridized carbons (Fsp3) is 0.714. The Hall–Kier alpha value is -0.910. The third-order valence-corrected chi connectivity index (χ3v) is 7.13. The van der Waals surface area contributed by atoms with Crippen LogP contribution in [-0.2, 0) is 13.6 Å². The zero-order valence-corrected chi connectivity index (χ0v) is 19.3.